The summed E-state index contributed by atoms with van der Waals surface area (Å²) in [5.74, 6) is -0.915. The number of aromatic nitrogens is 1. The zero-order valence-corrected chi connectivity index (χ0v) is 18.0. The Kier molecular flexibility index (Phi) is 8.25. The van der Waals surface area contributed by atoms with Gasteiger partial charge in [0.2, 0.25) is 0 Å². The molecule has 0 saturated heterocycles. The van der Waals surface area contributed by atoms with Crippen molar-refractivity contribution in [3.63, 3.8) is 0 Å². The van der Waals surface area contributed by atoms with Crippen molar-refractivity contribution < 1.29 is 32.2 Å². The van der Waals surface area contributed by atoms with Crippen LogP contribution in [0.15, 0.2) is 60.0 Å². The Morgan fingerprint density at radius 1 is 0.970 bits per heavy atom. The molecule has 2 amide bonds. The molecular weight excluding hydrogens is 459 g/mol. The van der Waals surface area contributed by atoms with E-state index in [1.807, 2.05) is 30.3 Å². The molecule has 0 fully saturated rings. The predicted octanol–water partition coefficient (Wildman–Crippen LogP) is 3.71. The van der Waals surface area contributed by atoms with E-state index >= 15 is 0 Å². The first-order valence-electron chi connectivity index (χ1n) is 9.80. The Bertz CT molecular complexity index is 1060. The number of carbonyl (C=O) groups is 2. The number of halogens is 3. The molecule has 0 spiro atoms. The summed E-state index contributed by atoms with van der Waals surface area (Å²) in [5, 5.41) is 7.57. The largest absolute Gasteiger partial charge is 0.573 e. The van der Waals surface area contributed by atoms with E-state index < -0.39 is 12.3 Å². The second-order valence-electron chi connectivity index (χ2n) is 6.70. The average molecular weight is 479 g/mol. The molecule has 0 unspecified atom stereocenters. The number of ether oxygens (including phenoxy) is 2. The van der Waals surface area contributed by atoms with Crippen molar-refractivity contribution in [3.8, 4) is 11.5 Å². The van der Waals surface area contributed by atoms with Crippen LogP contribution in [0.4, 0.5) is 13.2 Å². The third kappa shape index (κ3) is 8.45. The molecule has 0 saturated carbocycles. The number of hydrogen-bond acceptors (Lipinski definition) is 6. The molecule has 33 heavy (non-hydrogen) atoms. The monoisotopic (exact) mass is 479 g/mol. The van der Waals surface area contributed by atoms with E-state index in [-0.39, 0.29) is 36.3 Å². The first-order valence-corrected chi connectivity index (χ1v) is 10.7. The summed E-state index contributed by atoms with van der Waals surface area (Å²) in [5.41, 5.74) is 1.39. The highest BCUT2D eigenvalue weighted by atomic mass is 32.1. The van der Waals surface area contributed by atoms with Gasteiger partial charge in [-0.2, -0.15) is 0 Å². The molecule has 174 valence electrons. The van der Waals surface area contributed by atoms with Crippen LogP contribution in [0.25, 0.3) is 0 Å². The Morgan fingerprint density at radius 2 is 1.67 bits per heavy atom. The minimum atomic E-state index is -4.78. The highest BCUT2D eigenvalue weighted by molar-refractivity contribution is 7.09. The molecule has 2 N–H and O–H groups in total. The molecule has 0 bridgehead atoms. The van der Waals surface area contributed by atoms with Gasteiger partial charge >= 0.3 is 6.36 Å². The van der Waals surface area contributed by atoms with E-state index in [1.165, 1.54) is 23.5 Å². The quantitative estimate of drug-likeness (QED) is 0.463. The van der Waals surface area contributed by atoms with Crippen molar-refractivity contribution in [3.05, 3.63) is 76.2 Å². The molecule has 0 radical (unpaired) electrons. The molecule has 0 aliphatic carbocycles. The molecule has 2 aromatic carbocycles. The van der Waals surface area contributed by atoms with E-state index in [0.29, 0.717) is 18.0 Å². The third-order valence-electron chi connectivity index (χ3n) is 4.19. The fourth-order valence-corrected chi connectivity index (χ4v) is 3.38. The minimum Gasteiger partial charge on any atom is -0.484 e. The van der Waals surface area contributed by atoms with Crippen LogP contribution in [0.3, 0.4) is 0 Å². The van der Waals surface area contributed by atoms with Gasteiger partial charge in [0.1, 0.15) is 22.2 Å². The fraction of sp³-hybridized carbons (Fsp3) is 0.227. The first kappa shape index (κ1) is 24.1. The van der Waals surface area contributed by atoms with Gasteiger partial charge in [0.25, 0.3) is 11.8 Å². The lowest BCUT2D eigenvalue weighted by molar-refractivity contribution is -0.274. The van der Waals surface area contributed by atoms with Crippen LogP contribution in [0.5, 0.6) is 11.5 Å². The summed E-state index contributed by atoms with van der Waals surface area (Å²) in [6.45, 7) is 0.257. The summed E-state index contributed by atoms with van der Waals surface area (Å²) in [6, 6.07) is 14.5. The van der Waals surface area contributed by atoms with E-state index in [2.05, 4.69) is 20.4 Å². The van der Waals surface area contributed by atoms with Gasteiger partial charge in [-0.05, 0) is 36.2 Å². The third-order valence-corrected chi connectivity index (χ3v) is 5.04. The predicted molar refractivity (Wildman–Crippen MR) is 115 cm³/mol. The molecule has 1 heterocycles. The van der Waals surface area contributed by atoms with Crippen LogP contribution in [0.1, 0.15) is 21.1 Å². The average Bonchev–Trinajstić information content (AvgIpc) is 3.26. The Labute approximate surface area is 191 Å². The highest BCUT2D eigenvalue weighted by Gasteiger charge is 2.31. The van der Waals surface area contributed by atoms with Crippen LogP contribution in [0.2, 0.25) is 0 Å². The van der Waals surface area contributed by atoms with E-state index in [4.69, 9.17) is 4.74 Å². The van der Waals surface area contributed by atoms with Crippen LogP contribution in [-0.4, -0.2) is 36.3 Å². The van der Waals surface area contributed by atoms with Gasteiger partial charge in [-0.25, -0.2) is 4.98 Å². The smallest absolute Gasteiger partial charge is 0.484 e. The number of carbonyl (C=O) groups excluding carboxylic acids is 2. The molecule has 0 aliphatic heterocycles. The standard InChI is InChI=1S/C22H20F3N3O4S/c23-22(24,25)32-17-8-6-16(7-9-17)31-13-19(29)27-12-20-28-18(14-33-20)21(30)26-11-10-15-4-2-1-3-5-15/h1-9,14H,10-13H2,(H,26,30)(H,27,29). The maximum Gasteiger partial charge on any atom is 0.573 e. The van der Waals surface area contributed by atoms with Gasteiger partial charge < -0.3 is 20.1 Å². The molecular formula is C22H20F3N3O4S. The van der Waals surface area contributed by atoms with E-state index in [9.17, 15) is 22.8 Å². The number of nitrogens with zero attached hydrogens (tertiary/aromatic N) is 1. The zero-order valence-electron chi connectivity index (χ0n) is 17.2. The van der Waals surface area contributed by atoms with Gasteiger partial charge in [0, 0.05) is 11.9 Å². The molecule has 0 aliphatic rings. The second-order valence-corrected chi connectivity index (χ2v) is 7.65. The molecule has 3 rings (SSSR count). The molecule has 11 heteroatoms. The summed E-state index contributed by atoms with van der Waals surface area (Å²) < 4.78 is 45.5. The lowest BCUT2D eigenvalue weighted by atomic mass is 10.1. The van der Waals surface area contributed by atoms with Crippen molar-refractivity contribution in [2.75, 3.05) is 13.2 Å². The number of hydrogen-bond donors (Lipinski definition) is 2. The Balaban J connectivity index is 1.37. The summed E-state index contributed by atoms with van der Waals surface area (Å²) >= 11 is 1.24. The van der Waals surface area contributed by atoms with Crippen LogP contribution >= 0.6 is 11.3 Å². The lowest BCUT2D eigenvalue weighted by Crippen LogP contribution is -2.28. The zero-order chi connectivity index (χ0) is 23.7. The van der Waals surface area contributed by atoms with E-state index in [1.54, 1.807) is 5.38 Å². The van der Waals surface area contributed by atoms with Crippen molar-refractivity contribution in [2.24, 2.45) is 0 Å². The lowest BCUT2D eigenvalue weighted by Gasteiger charge is -2.10. The SMILES string of the molecule is O=C(COc1ccc(OC(F)(F)F)cc1)NCc1nc(C(=O)NCCc2ccccc2)cs1. The van der Waals surface area contributed by atoms with Crippen molar-refractivity contribution in [2.45, 2.75) is 19.3 Å². The van der Waals surface area contributed by atoms with Crippen molar-refractivity contribution in [1.29, 1.82) is 0 Å². The molecule has 1 aromatic heterocycles. The van der Waals surface area contributed by atoms with E-state index in [0.717, 1.165) is 17.7 Å². The van der Waals surface area contributed by atoms with Crippen LogP contribution in [-0.2, 0) is 17.8 Å². The number of amides is 2. The van der Waals surface area contributed by atoms with Crippen LogP contribution in [0, 0.1) is 0 Å². The van der Waals surface area contributed by atoms with Gasteiger partial charge in [-0.1, -0.05) is 30.3 Å². The first-order chi connectivity index (χ1) is 15.8. The topological polar surface area (TPSA) is 89.6 Å². The fourth-order valence-electron chi connectivity index (χ4n) is 2.66. The van der Waals surface area contributed by atoms with Gasteiger partial charge in [0.05, 0.1) is 6.54 Å². The number of benzene rings is 2. The normalized spacial score (nSPS) is 11.0. The summed E-state index contributed by atoms with van der Waals surface area (Å²) in [4.78, 5) is 28.4. The summed E-state index contributed by atoms with van der Waals surface area (Å²) in [6.07, 6.45) is -4.07. The number of rotatable bonds is 10. The molecule has 0 atom stereocenters. The Morgan fingerprint density at radius 3 is 2.36 bits per heavy atom. The van der Waals surface area contributed by atoms with Gasteiger partial charge in [0.15, 0.2) is 6.61 Å². The summed E-state index contributed by atoms with van der Waals surface area (Å²) in [7, 11) is 0. The molecule has 7 nitrogen and oxygen atoms in total. The van der Waals surface area contributed by atoms with Gasteiger partial charge in [-0.15, -0.1) is 24.5 Å². The highest BCUT2D eigenvalue weighted by Crippen LogP contribution is 2.24. The molecule has 3 aromatic rings. The second kappa shape index (κ2) is 11.3. The van der Waals surface area contributed by atoms with Crippen molar-refractivity contribution in [1.82, 2.24) is 15.6 Å². The van der Waals surface area contributed by atoms with Crippen molar-refractivity contribution >= 4 is 23.2 Å². The van der Waals surface area contributed by atoms with Gasteiger partial charge in [-0.3, -0.25) is 9.59 Å². The van der Waals surface area contributed by atoms with Crippen LogP contribution < -0.4 is 20.1 Å². The Hall–Kier alpha value is -3.60. The maximum atomic E-state index is 12.2. The minimum absolute atomic E-state index is 0.114. The number of thiazole rings is 1. The number of alkyl halides is 3. The number of nitrogens with one attached hydrogen (secondary N) is 2. The maximum absolute atomic E-state index is 12.2.